The van der Waals surface area contributed by atoms with Crippen molar-refractivity contribution in [1.82, 2.24) is 0 Å². The number of aromatic hydroxyl groups is 1. The van der Waals surface area contributed by atoms with E-state index in [0.29, 0.717) is 11.8 Å². The average molecular weight is 418 g/mol. The molecule has 0 bridgehead atoms. The van der Waals surface area contributed by atoms with Gasteiger partial charge in [0.25, 0.3) is 0 Å². The molecule has 2 aromatic carbocycles. The van der Waals surface area contributed by atoms with Crippen LogP contribution < -0.4 is 0 Å². The van der Waals surface area contributed by atoms with Crippen LogP contribution in [0.3, 0.4) is 0 Å². The summed E-state index contributed by atoms with van der Waals surface area (Å²) in [5.41, 5.74) is -0.0388. The Labute approximate surface area is 145 Å². The Morgan fingerprint density at radius 3 is 2.18 bits per heavy atom. The number of hydrogen-bond donors (Lipinski definition) is 3. The Balaban J connectivity index is 0.000000478. The molecule has 3 N–H and O–H groups in total. The maximum absolute atomic E-state index is 10.9. The molecule has 0 aromatic heterocycles. The number of carbonyl (C=O) groups is 2. The molecular weight excluding hydrogens is 399 g/mol. The molecule has 0 saturated heterocycles. The second-order valence-corrected chi connectivity index (χ2v) is 4.48. The topological polar surface area (TPSA) is 94.8 Å². The smallest absolute Gasteiger partial charge is 0.340 e. The maximum Gasteiger partial charge on any atom is 0.340 e. The fraction of sp³-hybridized carbons (Fsp3) is 0.250. The van der Waals surface area contributed by atoms with Crippen LogP contribution in [0.5, 0.6) is 5.75 Å². The molecule has 120 valence electrons. The van der Waals surface area contributed by atoms with Gasteiger partial charge in [0, 0.05) is 6.42 Å². The van der Waals surface area contributed by atoms with E-state index >= 15 is 0 Å². The molecule has 0 amide bonds. The summed E-state index contributed by atoms with van der Waals surface area (Å²) in [5.74, 6) is -2.00. The van der Waals surface area contributed by atoms with Crippen molar-refractivity contribution in [3.05, 3.63) is 42.0 Å². The van der Waals surface area contributed by atoms with Gasteiger partial charge in [-0.2, -0.15) is 0 Å². The van der Waals surface area contributed by atoms with Crippen LogP contribution in [0.15, 0.2) is 36.4 Å². The van der Waals surface area contributed by atoms with Gasteiger partial charge in [0.05, 0.1) is 0 Å². The van der Waals surface area contributed by atoms with Gasteiger partial charge in [0.2, 0.25) is 0 Å². The lowest BCUT2D eigenvalue weighted by Crippen LogP contribution is -1.97. The predicted molar refractivity (Wildman–Crippen MR) is 95.1 cm³/mol. The Morgan fingerprint density at radius 2 is 1.68 bits per heavy atom. The molecule has 0 fully saturated rings. The maximum atomic E-state index is 10.9. The number of phenols is 1. The van der Waals surface area contributed by atoms with Gasteiger partial charge in [0.1, 0.15) is 11.3 Å². The minimum atomic E-state index is -1.11. The zero-order chi connectivity index (χ0) is 15.8. The van der Waals surface area contributed by atoms with Crippen LogP contribution in [0, 0.1) is 0 Å². The lowest BCUT2D eigenvalue weighted by atomic mass is 10.0. The normalized spacial score (nSPS) is 9.32. The highest BCUT2D eigenvalue weighted by Crippen LogP contribution is 2.26. The van der Waals surface area contributed by atoms with Gasteiger partial charge < -0.3 is 15.3 Å². The number of halogens is 1. The quantitative estimate of drug-likeness (QED) is 0.650. The monoisotopic (exact) mass is 418 g/mol. The summed E-state index contributed by atoms with van der Waals surface area (Å²) in [6.45, 7) is 1.98. The molecule has 6 heteroatoms. The Morgan fingerprint density at radius 1 is 1.05 bits per heavy atom. The van der Waals surface area contributed by atoms with Gasteiger partial charge in [-0.1, -0.05) is 43.7 Å². The van der Waals surface area contributed by atoms with Crippen LogP contribution in [0.4, 0.5) is 0 Å². The van der Waals surface area contributed by atoms with Crippen molar-refractivity contribution in [3.8, 4) is 5.75 Å². The van der Waals surface area contributed by atoms with Crippen LogP contribution in [-0.4, -0.2) is 27.3 Å². The van der Waals surface area contributed by atoms with Gasteiger partial charge in [0.15, 0.2) is 0 Å². The lowest BCUT2D eigenvalue weighted by molar-refractivity contribution is -0.137. The summed E-state index contributed by atoms with van der Waals surface area (Å²) < 4.78 is 0. The SMILES string of the molecule is CCCCC(=O)O.I.O=C(O)c1c(O)ccc2ccccc12. The molecule has 0 aliphatic carbocycles. The average Bonchev–Trinajstić information content (AvgIpc) is 2.45. The Kier molecular flexibility index (Phi) is 9.16. The summed E-state index contributed by atoms with van der Waals surface area (Å²) in [7, 11) is 0. The fourth-order valence-electron chi connectivity index (χ4n) is 1.81. The van der Waals surface area contributed by atoms with E-state index in [1.165, 1.54) is 6.07 Å². The van der Waals surface area contributed by atoms with Gasteiger partial charge in [-0.25, -0.2) is 4.79 Å². The number of carboxylic acids is 2. The first-order valence-corrected chi connectivity index (χ1v) is 6.63. The highest BCUT2D eigenvalue weighted by Gasteiger charge is 2.12. The van der Waals surface area contributed by atoms with Crippen LogP contribution >= 0.6 is 24.0 Å². The van der Waals surface area contributed by atoms with E-state index in [1.807, 2.05) is 13.0 Å². The molecule has 2 aromatic rings. The number of benzene rings is 2. The molecular formula is C16H19IO5. The molecule has 22 heavy (non-hydrogen) atoms. The first-order valence-electron chi connectivity index (χ1n) is 6.63. The van der Waals surface area contributed by atoms with Crippen LogP contribution in [0.2, 0.25) is 0 Å². The third-order valence-corrected chi connectivity index (χ3v) is 2.87. The van der Waals surface area contributed by atoms with Crippen LogP contribution in [0.1, 0.15) is 36.5 Å². The van der Waals surface area contributed by atoms with E-state index < -0.39 is 11.9 Å². The van der Waals surface area contributed by atoms with Gasteiger partial charge in [-0.05, 0) is 23.3 Å². The summed E-state index contributed by atoms with van der Waals surface area (Å²) in [6, 6.07) is 10.1. The first kappa shape index (κ1) is 20.2. The van der Waals surface area contributed by atoms with Crippen molar-refractivity contribution in [2.75, 3.05) is 0 Å². The van der Waals surface area contributed by atoms with Crippen molar-refractivity contribution in [2.45, 2.75) is 26.2 Å². The number of aliphatic carboxylic acids is 1. The van der Waals surface area contributed by atoms with Gasteiger partial charge in [-0.15, -0.1) is 24.0 Å². The van der Waals surface area contributed by atoms with E-state index in [-0.39, 0.29) is 35.3 Å². The molecule has 0 spiro atoms. The third-order valence-electron chi connectivity index (χ3n) is 2.87. The van der Waals surface area contributed by atoms with E-state index in [1.54, 1.807) is 24.3 Å². The van der Waals surface area contributed by atoms with E-state index in [4.69, 9.17) is 10.2 Å². The Bertz CT molecular complexity index is 639. The predicted octanol–water partition coefficient (Wildman–Crippen LogP) is 4.12. The number of carboxylic acid groups (broad SMARTS) is 2. The highest BCUT2D eigenvalue weighted by molar-refractivity contribution is 14.0. The number of fused-ring (bicyclic) bond motifs is 1. The minimum Gasteiger partial charge on any atom is -0.507 e. The largest absolute Gasteiger partial charge is 0.507 e. The molecule has 5 nitrogen and oxygen atoms in total. The lowest BCUT2D eigenvalue weighted by Gasteiger charge is -2.03. The Hall–Kier alpha value is -1.83. The van der Waals surface area contributed by atoms with Crippen LogP contribution in [-0.2, 0) is 4.79 Å². The molecule has 0 heterocycles. The number of rotatable bonds is 4. The van der Waals surface area contributed by atoms with Gasteiger partial charge >= 0.3 is 11.9 Å². The molecule has 0 aliphatic heterocycles. The van der Waals surface area contributed by atoms with Crippen molar-refractivity contribution >= 4 is 46.7 Å². The third kappa shape index (κ3) is 5.88. The van der Waals surface area contributed by atoms with E-state index in [9.17, 15) is 14.7 Å². The van der Waals surface area contributed by atoms with Crippen LogP contribution in [0.25, 0.3) is 10.8 Å². The fourth-order valence-corrected chi connectivity index (χ4v) is 1.81. The number of aromatic carboxylic acids is 1. The number of unbranched alkanes of at least 4 members (excludes halogenated alkanes) is 1. The second kappa shape index (κ2) is 9.99. The number of hydrogen-bond acceptors (Lipinski definition) is 3. The van der Waals surface area contributed by atoms with Crippen molar-refractivity contribution in [3.63, 3.8) is 0 Å². The van der Waals surface area contributed by atoms with Gasteiger partial charge in [-0.3, -0.25) is 4.79 Å². The molecule has 0 radical (unpaired) electrons. The highest BCUT2D eigenvalue weighted by atomic mass is 127. The zero-order valence-electron chi connectivity index (χ0n) is 12.2. The van der Waals surface area contributed by atoms with Crippen molar-refractivity contribution < 1.29 is 24.9 Å². The van der Waals surface area contributed by atoms with E-state index in [0.717, 1.165) is 18.2 Å². The summed E-state index contributed by atoms with van der Waals surface area (Å²) in [4.78, 5) is 20.6. The van der Waals surface area contributed by atoms with Crippen molar-refractivity contribution in [2.24, 2.45) is 0 Å². The van der Waals surface area contributed by atoms with E-state index in [2.05, 4.69) is 0 Å². The zero-order valence-corrected chi connectivity index (χ0v) is 14.5. The molecule has 0 saturated carbocycles. The molecule has 0 aliphatic rings. The second-order valence-electron chi connectivity index (χ2n) is 4.48. The summed E-state index contributed by atoms with van der Waals surface area (Å²) in [6.07, 6.45) is 2.08. The summed E-state index contributed by atoms with van der Waals surface area (Å²) in [5, 5.41) is 27.7. The molecule has 2 rings (SSSR count). The molecule has 0 unspecified atom stereocenters. The minimum absolute atomic E-state index is 0. The molecule has 0 atom stereocenters. The summed E-state index contributed by atoms with van der Waals surface area (Å²) >= 11 is 0. The van der Waals surface area contributed by atoms with Crippen molar-refractivity contribution in [1.29, 1.82) is 0 Å². The first-order chi connectivity index (χ1) is 9.97. The standard InChI is InChI=1S/C11H8O3.C5H10O2.HI/c12-9-6-5-7-3-1-2-4-8(7)10(9)11(13)14;1-2-3-4-5(6)7;/h1-6,12H,(H,13,14);2-4H2,1H3,(H,6,7);1H.